The van der Waals surface area contributed by atoms with Gasteiger partial charge in [0, 0.05) is 12.1 Å². The second-order valence-electron chi connectivity index (χ2n) is 5.10. The summed E-state index contributed by atoms with van der Waals surface area (Å²) in [7, 11) is 0. The van der Waals surface area contributed by atoms with Crippen LogP contribution in [0.4, 0.5) is 0 Å². The minimum atomic E-state index is -0.267. The van der Waals surface area contributed by atoms with Gasteiger partial charge in [0.1, 0.15) is 6.23 Å². The number of ether oxygens (including phenoxy) is 1. The summed E-state index contributed by atoms with van der Waals surface area (Å²) in [6.45, 7) is 1.08. The fraction of sp³-hybridized carbons (Fsp3) is 0.278. The maximum absolute atomic E-state index is 12.7. The van der Waals surface area contributed by atoms with E-state index in [1.165, 1.54) is 6.07 Å². The molecule has 1 fully saturated rings. The van der Waals surface area contributed by atoms with Crippen molar-refractivity contribution in [2.24, 2.45) is 0 Å². The van der Waals surface area contributed by atoms with Gasteiger partial charge in [-0.1, -0.05) is 48.5 Å². The molecule has 3 nitrogen and oxygen atoms in total. The Morgan fingerprint density at radius 2 is 2.05 bits per heavy atom. The average molecular weight is 283 g/mol. The molecular weight excluding hydrogens is 262 g/mol. The number of carbonyl (C=O) groups is 1. The van der Waals surface area contributed by atoms with Gasteiger partial charge in [0.25, 0.3) is 5.91 Å². The molecule has 108 valence electrons. The first-order chi connectivity index (χ1) is 11.2. The number of benzene rings is 2. The Labute approximate surface area is 128 Å². The lowest BCUT2D eigenvalue weighted by atomic mass is 10.2. The minimum Gasteiger partial charge on any atom is -0.354 e. The highest BCUT2D eigenvalue weighted by atomic mass is 16.5. The number of rotatable bonds is 4. The molecule has 0 spiro atoms. The quantitative estimate of drug-likeness (QED) is 0.860. The van der Waals surface area contributed by atoms with Crippen molar-refractivity contribution < 1.29 is 12.3 Å². The normalized spacial score (nSPS) is 19.2. The Morgan fingerprint density at radius 3 is 2.90 bits per heavy atom. The zero-order valence-electron chi connectivity index (χ0n) is 13.8. The SMILES string of the molecule is [2H]c1cccc(C(=O)N2CCCC2OCc2ccccc2)c1[2H]. The summed E-state index contributed by atoms with van der Waals surface area (Å²) in [6, 6.07) is 14.7. The summed E-state index contributed by atoms with van der Waals surface area (Å²) in [6.07, 6.45) is 1.42. The van der Waals surface area contributed by atoms with Crippen LogP contribution in [0.5, 0.6) is 0 Å². The van der Waals surface area contributed by atoms with E-state index >= 15 is 0 Å². The highest BCUT2D eigenvalue weighted by Gasteiger charge is 2.29. The van der Waals surface area contributed by atoms with Gasteiger partial charge >= 0.3 is 0 Å². The van der Waals surface area contributed by atoms with Crippen LogP contribution >= 0.6 is 0 Å². The van der Waals surface area contributed by atoms with Crippen molar-refractivity contribution in [3.05, 3.63) is 71.7 Å². The second kappa shape index (κ2) is 6.55. The van der Waals surface area contributed by atoms with Gasteiger partial charge in [-0.05, 0) is 30.5 Å². The first-order valence-corrected chi connectivity index (χ1v) is 7.19. The summed E-state index contributed by atoms with van der Waals surface area (Å²) in [4.78, 5) is 14.4. The van der Waals surface area contributed by atoms with Crippen LogP contribution in [0.1, 0.15) is 31.5 Å². The van der Waals surface area contributed by atoms with Crippen LogP contribution in [0.2, 0.25) is 0 Å². The van der Waals surface area contributed by atoms with E-state index < -0.39 is 0 Å². The van der Waals surface area contributed by atoms with E-state index in [-0.39, 0.29) is 29.8 Å². The molecule has 0 bridgehead atoms. The maximum Gasteiger partial charge on any atom is 0.255 e. The van der Waals surface area contributed by atoms with Crippen molar-refractivity contribution in [2.45, 2.75) is 25.7 Å². The predicted molar refractivity (Wildman–Crippen MR) is 81.7 cm³/mol. The Kier molecular flexibility index (Phi) is 3.59. The summed E-state index contributed by atoms with van der Waals surface area (Å²) < 4.78 is 21.5. The number of nitrogens with zero attached hydrogens (tertiary/aromatic N) is 1. The van der Waals surface area contributed by atoms with Crippen molar-refractivity contribution in [3.63, 3.8) is 0 Å². The van der Waals surface area contributed by atoms with Gasteiger partial charge in [0.05, 0.1) is 9.35 Å². The number of amides is 1. The first-order valence-electron chi connectivity index (χ1n) is 8.19. The molecular formula is C18H19NO2. The Hall–Kier alpha value is -2.13. The molecule has 1 amide bonds. The van der Waals surface area contributed by atoms with E-state index in [9.17, 15) is 4.79 Å². The maximum atomic E-state index is 12.7. The van der Waals surface area contributed by atoms with Crippen molar-refractivity contribution in [2.75, 3.05) is 6.54 Å². The third kappa shape index (κ3) is 3.31. The lowest BCUT2D eigenvalue weighted by Crippen LogP contribution is -2.37. The molecule has 0 saturated carbocycles. The van der Waals surface area contributed by atoms with Crippen LogP contribution in [-0.4, -0.2) is 23.6 Å². The van der Waals surface area contributed by atoms with Crippen molar-refractivity contribution in [1.82, 2.24) is 4.90 Å². The third-order valence-electron chi connectivity index (χ3n) is 3.62. The molecule has 3 heteroatoms. The summed E-state index contributed by atoms with van der Waals surface area (Å²) in [5.41, 5.74) is 1.34. The van der Waals surface area contributed by atoms with Gasteiger partial charge in [-0.25, -0.2) is 0 Å². The summed E-state index contributed by atoms with van der Waals surface area (Å²) >= 11 is 0. The lowest BCUT2D eigenvalue weighted by Gasteiger charge is -2.25. The molecule has 1 atom stereocenters. The van der Waals surface area contributed by atoms with E-state index in [2.05, 4.69) is 0 Å². The molecule has 2 aromatic rings. The number of carbonyl (C=O) groups excluding carboxylic acids is 1. The zero-order chi connectivity index (χ0) is 16.2. The van der Waals surface area contributed by atoms with Crippen molar-refractivity contribution >= 4 is 5.91 Å². The second-order valence-corrected chi connectivity index (χ2v) is 5.10. The Morgan fingerprint density at radius 1 is 1.24 bits per heavy atom. The fourth-order valence-corrected chi connectivity index (χ4v) is 2.54. The fourth-order valence-electron chi connectivity index (χ4n) is 2.54. The molecule has 1 aliphatic heterocycles. The molecule has 3 rings (SSSR count). The molecule has 2 aromatic carbocycles. The molecule has 1 unspecified atom stereocenters. The Bertz CT molecular complexity index is 691. The third-order valence-corrected chi connectivity index (χ3v) is 3.62. The Balaban J connectivity index is 1.71. The molecule has 1 heterocycles. The summed E-state index contributed by atoms with van der Waals surface area (Å²) in [5.74, 6) is -0.223. The molecule has 0 aliphatic carbocycles. The number of likely N-dealkylation sites (tertiary alicyclic amines) is 1. The van der Waals surface area contributed by atoms with Gasteiger partial charge in [-0.3, -0.25) is 4.79 Å². The van der Waals surface area contributed by atoms with Crippen LogP contribution in [0.25, 0.3) is 0 Å². The van der Waals surface area contributed by atoms with Crippen LogP contribution in [-0.2, 0) is 11.3 Å². The van der Waals surface area contributed by atoms with Crippen LogP contribution < -0.4 is 0 Å². The van der Waals surface area contributed by atoms with Crippen LogP contribution in [0, 0.1) is 0 Å². The lowest BCUT2D eigenvalue weighted by molar-refractivity contribution is -0.0338. The van der Waals surface area contributed by atoms with Crippen molar-refractivity contribution in [3.8, 4) is 0 Å². The van der Waals surface area contributed by atoms with E-state index in [4.69, 9.17) is 7.48 Å². The predicted octanol–water partition coefficient (Wildman–Crippen LogP) is 3.47. The van der Waals surface area contributed by atoms with E-state index in [1.807, 2.05) is 30.3 Å². The van der Waals surface area contributed by atoms with Gasteiger partial charge in [-0.15, -0.1) is 0 Å². The topological polar surface area (TPSA) is 29.5 Å². The zero-order valence-corrected chi connectivity index (χ0v) is 11.8. The molecule has 1 aliphatic rings. The molecule has 0 aromatic heterocycles. The summed E-state index contributed by atoms with van der Waals surface area (Å²) in [5, 5.41) is 0. The molecule has 0 N–H and O–H groups in total. The van der Waals surface area contributed by atoms with Crippen LogP contribution in [0.3, 0.4) is 0 Å². The standard InChI is InChI=1S/C18H19NO2/c20-18(16-10-5-2-6-11-16)19-13-7-12-17(19)21-14-15-8-3-1-4-9-15/h1-6,8-11,17H,7,12-14H2/i5D,10D. The van der Waals surface area contributed by atoms with E-state index in [0.717, 1.165) is 18.4 Å². The first kappa shape index (κ1) is 11.5. The smallest absolute Gasteiger partial charge is 0.255 e. The highest BCUT2D eigenvalue weighted by molar-refractivity contribution is 5.94. The average Bonchev–Trinajstić information content (AvgIpc) is 3.04. The van der Waals surface area contributed by atoms with Crippen LogP contribution in [0.15, 0.2) is 60.6 Å². The number of hydrogen-bond acceptors (Lipinski definition) is 2. The van der Waals surface area contributed by atoms with E-state index in [0.29, 0.717) is 13.2 Å². The van der Waals surface area contributed by atoms with E-state index in [1.54, 1.807) is 17.0 Å². The van der Waals surface area contributed by atoms with Gasteiger partial charge in [-0.2, -0.15) is 0 Å². The largest absolute Gasteiger partial charge is 0.354 e. The van der Waals surface area contributed by atoms with Gasteiger partial charge in [0.2, 0.25) is 0 Å². The minimum absolute atomic E-state index is 0.0220. The van der Waals surface area contributed by atoms with Gasteiger partial charge in [0.15, 0.2) is 0 Å². The molecule has 1 saturated heterocycles. The van der Waals surface area contributed by atoms with Gasteiger partial charge < -0.3 is 9.64 Å². The van der Waals surface area contributed by atoms with Crippen molar-refractivity contribution in [1.29, 1.82) is 0 Å². The monoisotopic (exact) mass is 283 g/mol. The number of hydrogen-bond donors (Lipinski definition) is 0. The molecule has 0 radical (unpaired) electrons. The highest BCUT2D eigenvalue weighted by Crippen LogP contribution is 2.22. The molecule has 21 heavy (non-hydrogen) atoms.